The van der Waals surface area contributed by atoms with Crippen LogP contribution in [0, 0.1) is 0 Å². The maximum absolute atomic E-state index is 5.76. The largest absolute Gasteiger partial charge is 0.491 e. The van der Waals surface area contributed by atoms with Crippen LogP contribution in [0.25, 0.3) is 0 Å². The molecule has 2 aliphatic rings. The predicted molar refractivity (Wildman–Crippen MR) is 76.6 cm³/mol. The Morgan fingerprint density at radius 1 is 1.30 bits per heavy atom. The summed E-state index contributed by atoms with van der Waals surface area (Å²) in [4.78, 5) is 6.96. The van der Waals surface area contributed by atoms with Gasteiger partial charge in [0.25, 0.3) is 0 Å². The van der Waals surface area contributed by atoms with Gasteiger partial charge in [-0.15, -0.1) is 4.33 Å². The van der Waals surface area contributed by atoms with E-state index in [0.717, 1.165) is 56.3 Å². The zero-order valence-electron chi connectivity index (χ0n) is 10.9. The highest BCUT2D eigenvalue weighted by Gasteiger charge is 2.22. The number of ether oxygens (including phenoxy) is 1. The molecule has 0 aromatic heterocycles. The van der Waals surface area contributed by atoms with E-state index in [9.17, 15) is 0 Å². The molecule has 0 unspecified atom stereocenters. The van der Waals surface area contributed by atoms with Gasteiger partial charge in [-0.25, -0.2) is 5.48 Å². The molecule has 0 saturated carbocycles. The minimum absolute atomic E-state index is 0.717. The number of hydrogen-bond acceptors (Lipinski definition) is 8. The summed E-state index contributed by atoms with van der Waals surface area (Å²) in [5.41, 5.74) is 5.69. The number of benzene rings is 1. The summed E-state index contributed by atoms with van der Waals surface area (Å²) in [6.45, 7) is 4.57. The van der Waals surface area contributed by atoms with Crippen molar-refractivity contribution in [2.75, 3.05) is 43.2 Å². The number of piperazine rings is 1. The Morgan fingerprint density at radius 2 is 2.15 bits per heavy atom. The van der Waals surface area contributed by atoms with E-state index in [1.807, 2.05) is 12.1 Å². The van der Waals surface area contributed by atoms with Crippen LogP contribution in [0.4, 0.5) is 11.4 Å². The Balaban J connectivity index is 1.82. The van der Waals surface area contributed by atoms with Crippen molar-refractivity contribution < 1.29 is 19.1 Å². The monoisotopic (exact) mass is 299 g/mol. The number of anilines is 2. The molecule has 0 spiro atoms. The summed E-state index contributed by atoms with van der Waals surface area (Å²) in [6, 6.07) is 3.97. The summed E-state index contributed by atoms with van der Waals surface area (Å²) < 4.78 is 9.83. The molecule has 2 N–H and O–H groups in total. The highest BCUT2D eigenvalue weighted by Crippen LogP contribution is 2.39. The molecular formula is C12H17N3O4S. The van der Waals surface area contributed by atoms with Crippen LogP contribution in [0.3, 0.4) is 0 Å². The Morgan fingerprint density at radius 3 is 2.95 bits per heavy atom. The molecule has 2 aliphatic heterocycles. The van der Waals surface area contributed by atoms with Crippen molar-refractivity contribution in [1.82, 2.24) is 5.32 Å². The third-order valence-electron chi connectivity index (χ3n) is 3.45. The van der Waals surface area contributed by atoms with Crippen LogP contribution in [0.2, 0.25) is 0 Å². The van der Waals surface area contributed by atoms with Crippen molar-refractivity contribution in [3.05, 3.63) is 17.7 Å². The van der Waals surface area contributed by atoms with Crippen LogP contribution in [0.5, 0.6) is 5.75 Å². The maximum Gasteiger partial charge on any atom is 0.146 e. The number of nitrogens with one attached hydrogen (secondary N) is 2. The van der Waals surface area contributed by atoms with Gasteiger partial charge in [0.05, 0.1) is 18.0 Å². The van der Waals surface area contributed by atoms with E-state index in [-0.39, 0.29) is 0 Å². The Kier molecular flexibility index (Phi) is 4.48. The fourth-order valence-corrected chi connectivity index (χ4v) is 2.60. The van der Waals surface area contributed by atoms with E-state index >= 15 is 0 Å². The zero-order chi connectivity index (χ0) is 13.8. The molecule has 1 aromatic rings. The van der Waals surface area contributed by atoms with E-state index in [1.165, 1.54) is 5.56 Å². The first kappa shape index (κ1) is 13.8. The van der Waals surface area contributed by atoms with Crippen LogP contribution < -0.4 is 20.4 Å². The van der Waals surface area contributed by atoms with Crippen LogP contribution >= 0.6 is 12.9 Å². The molecule has 2 heterocycles. The number of hydrogen-bond donors (Lipinski definition) is 3. The SMILES string of the molecule is SOOONc1cc2c(c(N3CCNCC3)c1)OCC2. The third-order valence-corrected chi connectivity index (χ3v) is 3.51. The van der Waals surface area contributed by atoms with Crippen molar-refractivity contribution in [2.24, 2.45) is 0 Å². The van der Waals surface area contributed by atoms with Crippen LogP contribution in [-0.2, 0) is 20.8 Å². The fraction of sp³-hybridized carbons (Fsp3) is 0.500. The number of thiol groups is 1. The Hall–Kier alpha value is -1.19. The van der Waals surface area contributed by atoms with Crippen molar-refractivity contribution in [3.8, 4) is 5.75 Å². The van der Waals surface area contributed by atoms with Gasteiger partial charge in [-0.05, 0) is 17.2 Å². The summed E-state index contributed by atoms with van der Waals surface area (Å²) in [5.74, 6) is 0.976. The molecular weight excluding hydrogens is 282 g/mol. The first-order chi connectivity index (χ1) is 9.88. The first-order valence-electron chi connectivity index (χ1n) is 6.53. The normalized spacial score (nSPS) is 17.8. The van der Waals surface area contributed by atoms with Crippen molar-refractivity contribution in [1.29, 1.82) is 0 Å². The smallest absolute Gasteiger partial charge is 0.146 e. The van der Waals surface area contributed by atoms with Crippen molar-refractivity contribution >= 4 is 24.3 Å². The molecule has 0 amide bonds. The average molecular weight is 299 g/mol. The van der Waals surface area contributed by atoms with Gasteiger partial charge in [0, 0.05) is 51.1 Å². The minimum atomic E-state index is 0.717. The van der Waals surface area contributed by atoms with Gasteiger partial charge in [-0.1, -0.05) is 4.99 Å². The molecule has 1 fully saturated rings. The van der Waals surface area contributed by atoms with Crippen LogP contribution in [-0.4, -0.2) is 32.8 Å². The number of fused-ring (bicyclic) bond motifs is 1. The standard InChI is InChI=1S/C12H17N3O4S/c20-19-18-17-14-10-7-9-1-6-16-12(9)11(8-10)15-4-2-13-3-5-15/h7-8,13-14,20H,1-6H2. The molecule has 3 rings (SSSR count). The van der Waals surface area contributed by atoms with Crippen LogP contribution in [0.1, 0.15) is 5.56 Å². The summed E-state index contributed by atoms with van der Waals surface area (Å²) in [7, 11) is 0. The van der Waals surface area contributed by atoms with Gasteiger partial charge < -0.3 is 15.0 Å². The second-order valence-electron chi connectivity index (χ2n) is 4.65. The molecule has 1 aromatic carbocycles. The fourth-order valence-electron chi connectivity index (χ4n) is 2.57. The second kappa shape index (κ2) is 6.51. The van der Waals surface area contributed by atoms with Gasteiger partial charge >= 0.3 is 0 Å². The lowest BCUT2D eigenvalue weighted by molar-refractivity contribution is -0.446. The van der Waals surface area contributed by atoms with E-state index in [0.29, 0.717) is 0 Å². The Labute approximate surface area is 122 Å². The highest BCUT2D eigenvalue weighted by molar-refractivity contribution is 7.74. The molecule has 1 saturated heterocycles. The zero-order valence-corrected chi connectivity index (χ0v) is 11.8. The van der Waals surface area contributed by atoms with Gasteiger partial charge in [-0.2, -0.15) is 0 Å². The van der Waals surface area contributed by atoms with E-state index in [2.05, 4.69) is 43.0 Å². The molecule has 0 atom stereocenters. The lowest BCUT2D eigenvalue weighted by Crippen LogP contribution is -2.43. The van der Waals surface area contributed by atoms with E-state index in [4.69, 9.17) is 4.74 Å². The lowest BCUT2D eigenvalue weighted by atomic mass is 10.1. The molecule has 7 nitrogen and oxygen atoms in total. The molecule has 0 aliphatic carbocycles. The summed E-state index contributed by atoms with van der Waals surface area (Å²) in [5, 5.41) is 7.58. The summed E-state index contributed by atoms with van der Waals surface area (Å²) >= 11 is 3.41. The van der Waals surface area contributed by atoms with Gasteiger partial charge in [0.1, 0.15) is 5.75 Å². The molecule has 0 bridgehead atoms. The van der Waals surface area contributed by atoms with Crippen LogP contribution in [0.15, 0.2) is 12.1 Å². The average Bonchev–Trinajstić information content (AvgIpc) is 2.96. The van der Waals surface area contributed by atoms with E-state index in [1.54, 1.807) is 0 Å². The second-order valence-corrected chi connectivity index (χ2v) is 4.80. The topological polar surface area (TPSA) is 64.2 Å². The predicted octanol–water partition coefficient (Wildman–Crippen LogP) is 1.08. The highest BCUT2D eigenvalue weighted by atomic mass is 32.1. The number of rotatable bonds is 5. The first-order valence-corrected chi connectivity index (χ1v) is 6.90. The molecule has 20 heavy (non-hydrogen) atoms. The minimum Gasteiger partial charge on any atom is -0.491 e. The quantitative estimate of drug-likeness (QED) is 0.247. The molecule has 110 valence electrons. The van der Waals surface area contributed by atoms with E-state index < -0.39 is 0 Å². The Bertz CT molecular complexity index is 468. The van der Waals surface area contributed by atoms with Gasteiger partial charge in [0.2, 0.25) is 0 Å². The van der Waals surface area contributed by atoms with Gasteiger partial charge in [-0.3, -0.25) is 0 Å². The lowest BCUT2D eigenvalue weighted by Gasteiger charge is -2.30. The summed E-state index contributed by atoms with van der Waals surface area (Å²) in [6.07, 6.45) is 0.897. The molecule has 8 heteroatoms. The van der Waals surface area contributed by atoms with Crippen molar-refractivity contribution in [2.45, 2.75) is 6.42 Å². The van der Waals surface area contributed by atoms with Gasteiger partial charge in [0.15, 0.2) is 0 Å². The third kappa shape index (κ3) is 2.94. The number of nitrogens with zero attached hydrogens (tertiary/aromatic N) is 1. The molecule has 0 radical (unpaired) electrons. The van der Waals surface area contributed by atoms with Crippen molar-refractivity contribution in [3.63, 3.8) is 0 Å². The maximum atomic E-state index is 5.76.